The molecule has 6 nitrogen and oxygen atoms in total. The maximum Gasteiger partial charge on any atom is 0.262 e. The van der Waals surface area contributed by atoms with Crippen molar-refractivity contribution in [1.29, 1.82) is 0 Å². The Kier molecular flexibility index (Phi) is 7.26. The summed E-state index contributed by atoms with van der Waals surface area (Å²) in [5, 5.41) is 3.47. The Morgan fingerprint density at radius 2 is 1.87 bits per heavy atom. The summed E-state index contributed by atoms with van der Waals surface area (Å²) in [7, 11) is 0. The van der Waals surface area contributed by atoms with Crippen molar-refractivity contribution in [3.8, 4) is 5.75 Å². The van der Waals surface area contributed by atoms with Crippen molar-refractivity contribution >= 4 is 50.7 Å². The lowest BCUT2D eigenvalue weighted by molar-refractivity contribution is -0.129. The second kappa shape index (κ2) is 9.71. The van der Waals surface area contributed by atoms with Gasteiger partial charge in [-0.1, -0.05) is 23.7 Å². The van der Waals surface area contributed by atoms with E-state index in [-0.39, 0.29) is 18.4 Å². The Hall–Kier alpha value is -2.25. The largest absolute Gasteiger partial charge is 0.482 e. The molecule has 0 radical (unpaired) electrons. The minimum absolute atomic E-state index is 0.0667. The van der Waals surface area contributed by atoms with Gasteiger partial charge in [0.05, 0.1) is 20.9 Å². The fraction of sp³-hybridized carbons (Fsp3) is 0.364. The Balaban J connectivity index is 1.69. The van der Waals surface area contributed by atoms with Crippen molar-refractivity contribution in [3.05, 3.63) is 51.0 Å². The molecule has 1 aliphatic rings. The van der Waals surface area contributed by atoms with Crippen molar-refractivity contribution in [3.63, 3.8) is 0 Å². The highest BCUT2D eigenvalue weighted by atomic mass is 79.9. The number of halogens is 2. The van der Waals surface area contributed by atoms with E-state index in [0.29, 0.717) is 42.6 Å². The van der Waals surface area contributed by atoms with E-state index in [1.807, 2.05) is 32.0 Å². The highest BCUT2D eigenvalue weighted by Crippen LogP contribution is 2.35. The molecule has 1 aliphatic heterocycles. The minimum atomic E-state index is -0.271. The number of rotatable bonds is 5. The van der Waals surface area contributed by atoms with Gasteiger partial charge in [0.2, 0.25) is 5.91 Å². The second-order valence-electron chi connectivity index (χ2n) is 7.36. The third kappa shape index (κ3) is 5.26. The fourth-order valence-electron chi connectivity index (χ4n) is 3.59. The first-order valence-electron chi connectivity index (χ1n) is 9.74. The van der Waals surface area contributed by atoms with Crippen LogP contribution in [0.3, 0.4) is 0 Å². The Morgan fingerprint density at radius 3 is 2.50 bits per heavy atom. The molecule has 3 rings (SSSR count). The molecule has 1 N–H and O–H groups in total. The monoisotopic (exact) mass is 493 g/mol. The topological polar surface area (TPSA) is 61.9 Å². The fourth-order valence-corrected chi connectivity index (χ4v) is 4.67. The molecule has 30 heavy (non-hydrogen) atoms. The molecule has 2 aromatic rings. The lowest BCUT2D eigenvalue weighted by atomic mass is 10.1. The van der Waals surface area contributed by atoms with Crippen LogP contribution in [0.4, 0.5) is 11.4 Å². The van der Waals surface area contributed by atoms with E-state index < -0.39 is 0 Å². The molecule has 1 fully saturated rings. The Morgan fingerprint density at radius 1 is 1.17 bits per heavy atom. The summed E-state index contributed by atoms with van der Waals surface area (Å²) in [6.07, 6.45) is 0. The highest BCUT2D eigenvalue weighted by Gasteiger charge is 2.23. The summed E-state index contributed by atoms with van der Waals surface area (Å²) in [4.78, 5) is 28.1. The lowest BCUT2D eigenvalue weighted by Gasteiger charge is -2.36. The van der Waals surface area contributed by atoms with Crippen LogP contribution in [-0.2, 0) is 9.59 Å². The SMILES string of the molecule is CC(=O)N1CCN(c2c(Cl)cccc2NC(=O)COc2c(C)cc(C)cc2Br)CC1. The summed E-state index contributed by atoms with van der Waals surface area (Å²) in [5.41, 5.74) is 3.47. The average Bonchev–Trinajstić information content (AvgIpc) is 2.67. The molecule has 0 aliphatic carbocycles. The normalized spacial score (nSPS) is 13.9. The summed E-state index contributed by atoms with van der Waals surface area (Å²) < 4.78 is 6.58. The summed E-state index contributed by atoms with van der Waals surface area (Å²) in [6, 6.07) is 9.38. The van der Waals surface area contributed by atoms with E-state index in [0.717, 1.165) is 21.3 Å². The molecule has 0 atom stereocenters. The first-order chi connectivity index (χ1) is 14.3. The smallest absolute Gasteiger partial charge is 0.262 e. The van der Waals surface area contributed by atoms with Crippen LogP contribution in [0.5, 0.6) is 5.75 Å². The van der Waals surface area contributed by atoms with Gasteiger partial charge in [-0.25, -0.2) is 0 Å². The molecule has 1 saturated heterocycles. The number of benzene rings is 2. The maximum atomic E-state index is 12.6. The van der Waals surface area contributed by atoms with Gasteiger partial charge in [-0.15, -0.1) is 0 Å². The number of hydrogen-bond acceptors (Lipinski definition) is 4. The van der Waals surface area contributed by atoms with Gasteiger partial charge in [0.1, 0.15) is 5.75 Å². The van der Waals surface area contributed by atoms with Crippen LogP contribution in [0.1, 0.15) is 18.1 Å². The number of ether oxygens (including phenoxy) is 1. The van der Waals surface area contributed by atoms with Gasteiger partial charge in [-0.3, -0.25) is 9.59 Å². The van der Waals surface area contributed by atoms with Gasteiger partial charge >= 0.3 is 0 Å². The number of anilines is 2. The number of carbonyl (C=O) groups is 2. The van der Waals surface area contributed by atoms with Gasteiger partial charge in [-0.05, 0) is 59.1 Å². The Bertz CT molecular complexity index is 936. The van der Waals surface area contributed by atoms with Crippen molar-refractivity contribution in [2.45, 2.75) is 20.8 Å². The molecule has 0 unspecified atom stereocenters. The van der Waals surface area contributed by atoms with Crippen LogP contribution in [0.2, 0.25) is 5.02 Å². The van der Waals surface area contributed by atoms with E-state index in [2.05, 4.69) is 26.1 Å². The van der Waals surface area contributed by atoms with Gasteiger partial charge in [0, 0.05) is 33.1 Å². The van der Waals surface area contributed by atoms with Crippen LogP contribution in [-0.4, -0.2) is 49.5 Å². The van der Waals surface area contributed by atoms with E-state index in [9.17, 15) is 9.59 Å². The first-order valence-corrected chi connectivity index (χ1v) is 10.9. The van der Waals surface area contributed by atoms with Crippen molar-refractivity contribution in [1.82, 2.24) is 4.90 Å². The number of amides is 2. The molecule has 1 heterocycles. The highest BCUT2D eigenvalue weighted by molar-refractivity contribution is 9.10. The first kappa shape index (κ1) is 22.4. The van der Waals surface area contributed by atoms with E-state index in [1.165, 1.54) is 0 Å². The average molecular weight is 495 g/mol. The van der Waals surface area contributed by atoms with Crippen molar-refractivity contribution in [2.75, 3.05) is 43.0 Å². The van der Waals surface area contributed by atoms with Crippen LogP contribution in [0.25, 0.3) is 0 Å². The third-order valence-corrected chi connectivity index (χ3v) is 5.92. The molecule has 2 aromatic carbocycles. The number of aryl methyl sites for hydroxylation is 2. The third-order valence-electron chi connectivity index (χ3n) is 5.02. The molecule has 8 heteroatoms. The zero-order chi connectivity index (χ0) is 21.8. The van der Waals surface area contributed by atoms with E-state index in [4.69, 9.17) is 16.3 Å². The van der Waals surface area contributed by atoms with Gasteiger partial charge in [-0.2, -0.15) is 0 Å². The predicted molar refractivity (Wildman–Crippen MR) is 124 cm³/mol. The number of nitrogens with zero attached hydrogens (tertiary/aromatic N) is 2. The molecule has 0 spiro atoms. The van der Waals surface area contributed by atoms with Crippen LogP contribution in [0, 0.1) is 13.8 Å². The number of piperazine rings is 1. The molecule has 0 aromatic heterocycles. The van der Waals surface area contributed by atoms with Gasteiger partial charge in [0.25, 0.3) is 5.91 Å². The molecular weight excluding hydrogens is 470 g/mol. The van der Waals surface area contributed by atoms with Gasteiger partial charge in [0.15, 0.2) is 6.61 Å². The minimum Gasteiger partial charge on any atom is -0.482 e. The molecule has 0 bridgehead atoms. The van der Waals surface area contributed by atoms with Crippen LogP contribution in [0.15, 0.2) is 34.8 Å². The number of hydrogen-bond donors (Lipinski definition) is 1. The van der Waals surface area contributed by atoms with E-state index in [1.54, 1.807) is 24.0 Å². The molecule has 160 valence electrons. The maximum absolute atomic E-state index is 12.6. The van der Waals surface area contributed by atoms with Gasteiger partial charge < -0.3 is 19.9 Å². The number of para-hydroxylation sites is 1. The zero-order valence-corrected chi connectivity index (χ0v) is 19.6. The quantitative estimate of drug-likeness (QED) is 0.669. The predicted octanol–water partition coefficient (Wildman–Crippen LogP) is 4.41. The van der Waals surface area contributed by atoms with E-state index >= 15 is 0 Å². The zero-order valence-electron chi connectivity index (χ0n) is 17.3. The molecular formula is C22H25BrClN3O3. The van der Waals surface area contributed by atoms with Crippen molar-refractivity contribution in [2.24, 2.45) is 0 Å². The standard InChI is InChI=1S/C22H25BrClN3O3/c1-14-11-15(2)22(17(23)12-14)30-13-20(29)25-19-6-4-5-18(24)21(19)27-9-7-26(8-10-27)16(3)28/h4-6,11-12H,7-10,13H2,1-3H3,(H,25,29). The summed E-state index contributed by atoms with van der Waals surface area (Å²) in [6.45, 7) is 7.95. The molecule has 0 saturated carbocycles. The van der Waals surface area contributed by atoms with Crippen molar-refractivity contribution < 1.29 is 14.3 Å². The summed E-state index contributed by atoms with van der Waals surface area (Å²) >= 11 is 9.96. The Labute approximate surface area is 190 Å². The molecule has 2 amide bonds. The number of carbonyl (C=O) groups excluding carboxylic acids is 2. The summed E-state index contributed by atoms with van der Waals surface area (Å²) in [5.74, 6) is 0.451. The second-order valence-corrected chi connectivity index (χ2v) is 8.62. The number of nitrogens with one attached hydrogen (secondary N) is 1. The van der Waals surface area contributed by atoms with Crippen LogP contribution < -0.4 is 15.0 Å². The van der Waals surface area contributed by atoms with Crippen LogP contribution >= 0.6 is 27.5 Å². The lowest BCUT2D eigenvalue weighted by Crippen LogP contribution is -2.48.